The number of amidine groups is 1. The van der Waals surface area contributed by atoms with Crippen molar-refractivity contribution in [3.05, 3.63) is 87.0 Å². The molecular weight excluding hydrogens is 506 g/mol. The van der Waals surface area contributed by atoms with Gasteiger partial charge in [-0.25, -0.2) is 4.99 Å². The highest BCUT2D eigenvalue weighted by atomic mass is 79.9. The molecule has 0 spiro atoms. The predicted octanol–water partition coefficient (Wildman–Crippen LogP) is 7.79. The summed E-state index contributed by atoms with van der Waals surface area (Å²) in [6.07, 6.45) is 7.74. The molecule has 6 heteroatoms. The third kappa shape index (κ3) is 4.66. The fourth-order valence-electron chi connectivity index (χ4n) is 4.90. The first-order chi connectivity index (χ1) is 16.5. The molecular formula is C28H28BrN3OS. The number of hydrogen-bond acceptors (Lipinski definition) is 3. The van der Waals surface area contributed by atoms with Gasteiger partial charge in [0.2, 0.25) is 0 Å². The molecule has 0 atom stereocenters. The summed E-state index contributed by atoms with van der Waals surface area (Å²) in [5, 5.41) is 0.802. The van der Waals surface area contributed by atoms with E-state index in [0.717, 1.165) is 55.7 Å². The van der Waals surface area contributed by atoms with Crippen LogP contribution in [0.2, 0.25) is 0 Å². The highest BCUT2D eigenvalue weighted by Gasteiger charge is 2.38. The monoisotopic (exact) mass is 533 g/mol. The van der Waals surface area contributed by atoms with Gasteiger partial charge in [-0.3, -0.25) is 9.69 Å². The molecule has 174 valence electrons. The Hall–Kier alpha value is -2.57. The SMILES string of the molecule is Cc1cc(/C=C2/SC(=Nc3ccccc3)N(C3CCCCC3)C2=O)c(C)n1-c1ccc(Br)cc1. The summed E-state index contributed by atoms with van der Waals surface area (Å²) in [5.41, 5.74) is 5.33. The van der Waals surface area contributed by atoms with Crippen LogP contribution in [-0.4, -0.2) is 26.6 Å². The molecule has 1 saturated carbocycles. The first kappa shape index (κ1) is 23.2. The molecule has 1 aromatic heterocycles. The van der Waals surface area contributed by atoms with Gasteiger partial charge in [0.1, 0.15) is 0 Å². The van der Waals surface area contributed by atoms with E-state index in [2.05, 4.69) is 64.7 Å². The average Bonchev–Trinajstić information content (AvgIpc) is 3.30. The molecule has 1 saturated heterocycles. The van der Waals surface area contributed by atoms with Gasteiger partial charge >= 0.3 is 0 Å². The lowest BCUT2D eigenvalue weighted by atomic mass is 9.94. The quantitative estimate of drug-likeness (QED) is 0.321. The zero-order valence-corrected chi connectivity index (χ0v) is 21.9. The molecule has 2 heterocycles. The number of amides is 1. The maximum Gasteiger partial charge on any atom is 0.267 e. The molecule has 5 rings (SSSR count). The van der Waals surface area contributed by atoms with Gasteiger partial charge in [0.15, 0.2) is 5.17 Å². The van der Waals surface area contributed by atoms with Crippen LogP contribution in [-0.2, 0) is 4.79 Å². The second-order valence-electron chi connectivity index (χ2n) is 8.95. The smallest absolute Gasteiger partial charge is 0.267 e. The second-order valence-corrected chi connectivity index (χ2v) is 10.9. The number of rotatable bonds is 4. The van der Waals surface area contributed by atoms with Crippen LogP contribution in [0.3, 0.4) is 0 Å². The van der Waals surface area contributed by atoms with Crippen LogP contribution in [0.4, 0.5) is 5.69 Å². The summed E-state index contributed by atoms with van der Waals surface area (Å²) >= 11 is 5.02. The molecule has 34 heavy (non-hydrogen) atoms. The maximum absolute atomic E-state index is 13.7. The van der Waals surface area contributed by atoms with Crippen LogP contribution in [0.1, 0.15) is 49.1 Å². The number of aliphatic imine (C=N–C) groups is 1. The molecule has 1 amide bonds. The number of benzene rings is 2. The van der Waals surface area contributed by atoms with Crippen molar-refractivity contribution in [2.75, 3.05) is 0 Å². The van der Waals surface area contributed by atoms with E-state index in [-0.39, 0.29) is 11.9 Å². The van der Waals surface area contributed by atoms with E-state index in [0.29, 0.717) is 0 Å². The summed E-state index contributed by atoms with van der Waals surface area (Å²) in [5.74, 6) is 0.0834. The Kier molecular flexibility index (Phi) is 6.79. The van der Waals surface area contributed by atoms with Crippen LogP contribution in [0, 0.1) is 13.8 Å². The van der Waals surface area contributed by atoms with Crippen LogP contribution in [0.25, 0.3) is 11.8 Å². The Morgan fingerprint density at radius 3 is 2.41 bits per heavy atom. The molecule has 0 N–H and O–H groups in total. The highest BCUT2D eigenvalue weighted by Crippen LogP contribution is 2.39. The lowest BCUT2D eigenvalue weighted by molar-refractivity contribution is -0.124. The number of aryl methyl sites for hydroxylation is 1. The molecule has 0 unspecified atom stereocenters. The van der Waals surface area contributed by atoms with E-state index < -0.39 is 0 Å². The number of para-hydroxylation sites is 1. The van der Waals surface area contributed by atoms with Gasteiger partial charge in [-0.15, -0.1) is 0 Å². The van der Waals surface area contributed by atoms with E-state index in [1.807, 2.05) is 41.3 Å². The first-order valence-corrected chi connectivity index (χ1v) is 13.4. The highest BCUT2D eigenvalue weighted by molar-refractivity contribution is 9.10. The van der Waals surface area contributed by atoms with Gasteiger partial charge in [-0.05, 0) is 92.6 Å². The molecule has 2 fully saturated rings. The molecule has 0 bridgehead atoms. The fraction of sp³-hybridized carbons (Fsp3) is 0.286. The predicted molar refractivity (Wildman–Crippen MR) is 146 cm³/mol. The minimum Gasteiger partial charge on any atom is -0.318 e. The van der Waals surface area contributed by atoms with Crippen molar-refractivity contribution in [1.82, 2.24) is 9.47 Å². The van der Waals surface area contributed by atoms with Crippen molar-refractivity contribution in [3.8, 4) is 5.69 Å². The standard InChI is InChI=1S/C28H28BrN3OS/c1-19-17-21(20(2)31(19)25-15-13-22(29)14-16-25)18-26-27(33)32(24-11-7-4-8-12-24)28(34-26)30-23-9-5-3-6-10-23/h3,5-6,9-10,13-18,24H,4,7-8,11-12H2,1-2H3/b26-18+,30-28?. The van der Waals surface area contributed by atoms with Crippen molar-refractivity contribution < 1.29 is 4.79 Å². The van der Waals surface area contributed by atoms with Gasteiger partial charge in [0.05, 0.1) is 10.6 Å². The van der Waals surface area contributed by atoms with Gasteiger partial charge in [-0.2, -0.15) is 0 Å². The normalized spacial score (nSPS) is 19.5. The third-order valence-electron chi connectivity index (χ3n) is 6.60. The van der Waals surface area contributed by atoms with Gasteiger partial charge < -0.3 is 4.57 Å². The zero-order chi connectivity index (χ0) is 23.7. The van der Waals surface area contributed by atoms with Crippen molar-refractivity contribution in [2.45, 2.75) is 52.0 Å². The van der Waals surface area contributed by atoms with Crippen LogP contribution in [0.5, 0.6) is 0 Å². The van der Waals surface area contributed by atoms with Crippen LogP contribution >= 0.6 is 27.7 Å². The molecule has 2 aromatic carbocycles. The average molecular weight is 535 g/mol. The molecule has 2 aliphatic rings. The Labute approximate surface area is 213 Å². The molecule has 1 aliphatic heterocycles. The van der Waals surface area contributed by atoms with Crippen molar-refractivity contribution in [1.29, 1.82) is 0 Å². The van der Waals surface area contributed by atoms with E-state index in [1.54, 1.807) is 0 Å². The van der Waals surface area contributed by atoms with Crippen molar-refractivity contribution in [2.24, 2.45) is 4.99 Å². The summed E-state index contributed by atoms with van der Waals surface area (Å²) < 4.78 is 3.29. The molecule has 0 radical (unpaired) electrons. The molecule has 1 aliphatic carbocycles. The Morgan fingerprint density at radius 1 is 1.00 bits per heavy atom. The topological polar surface area (TPSA) is 37.6 Å². The number of carbonyl (C=O) groups excluding carboxylic acids is 1. The number of carbonyl (C=O) groups is 1. The first-order valence-electron chi connectivity index (χ1n) is 11.8. The Bertz CT molecular complexity index is 1250. The minimum absolute atomic E-state index is 0.0834. The number of thioether (sulfide) groups is 1. The summed E-state index contributed by atoms with van der Waals surface area (Å²) in [4.78, 5) is 21.3. The van der Waals surface area contributed by atoms with Crippen LogP contribution < -0.4 is 0 Å². The summed E-state index contributed by atoms with van der Waals surface area (Å²) in [6.45, 7) is 4.22. The molecule has 3 aromatic rings. The van der Waals surface area contributed by atoms with Crippen molar-refractivity contribution in [3.63, 3.8) is 0 Å². The van der Waals surface area contributed by atoms with E-state index >= 15 is 0 Å². The number of nitrogens with zero attached hydrogens (tertiary/aromatic N) is 3. The van der Waals surface area contributed by atoms with Gasteiger partial charge in [0, 0.05) is 27.6 Å². The van der Waals surface area contributed by atoms with E-state index in [1.165, 1.54) is 31.0 Å². The van der Waals surface area contributed by atoms with Gasteiger partial charge in [0.25, 0.3) is 5.91 Å². The second kappa shape index (κ2) is 9.96. The van der Waals surface area contributed by atoms with Gasteiger partial charge in [-0.1, -0.05) is 53.4 Å². The Morgan fingerprint density at radius 2 is 1.71 bits per heavy atom. The van der Waals surface area contributed by atoms with E-state index in [4.69, 9.17) is 4.99 Å². The minimum atomic E-state index is 0.0834. The lowest BCUT2D eigenvalue weighted by Gasteiger charge is -2.30. The number of aromatic nitrogens is 1. The van der Waals surface area contributed by atoms with Crippen LogP contribution in [0.15, 0.2) is 75.0 Å². The number of halogens is 1. The van der Waals surface area contributed by atoms with Crippen molar-refractivity contribution >= 4 is 50.5 Å². The maximum atomic E-state index is 13.7. The zero-order valence-electron chi connectivity index (χ0n) is 19.5. The summed E-state index contributed by atoms with van der Waals surface area (Å²) in [6, 6.07) is 20.6. The fourth-order valence-corrected chi connectivity index (χ4v) is 6.22. The largest absolute Gasteiger partial charge is 0.318 e. The Balaban J connectivity index is 1.52. The summed E-state index contributed by atoms with van der Waals surface area (Å²) in [7, 11) is 0. The third-order valence-corrected chi connectivity index (χ3v) is 8.11. The molecule has 4 nitrogen and oxygen atoms in total. The lowest BCUT2D eigenvalue weighted by Crippen LogP contribution is -2.40. The number of hydrogen-bond donors (Lipinski definition) is 0. The van der Waals surface area contributed by atoms with E-state index in [9.17, 15) is 4.79 Å².